The Morgan fingerprint density at radius 2 is 2.00 bits per heavy atom. The zero-order chi connectivity index (χ0) is 17.3. The van der Waals surface area contributed by atoms with Crippen molar-refractivity contribution in [3.8, 4) is 11.3 Å². The summed E-state index contributed by atoms with van der Waals surface area (Å²) in [5, 5.41) is 12.7. The summed E-state index contributed by atoms with van der Waals surface area (Å²) < 4.78 is 32.5. The molecule has 0 bridgehead atoms. The quantitative estimate of drug-likeness (QED) is 0.769. The maximum Gasteiger partial charge on any atom is 0.230 e. The summed E-state index contributed by atoms with van der Waals surface area (Å²) in [5.41, 5.74) is 1.25. The minimum atomic E-state index is -0.716. The van der Waals surface area contributed by atoms with Crippen molar-refractivity contribution >= 4 is 11.7 Å². The van der Waals surface area contributed by atoms with Crippen LogP contribution >= 0.6 is 0 Å². The number of anilines is 1. The molecule has 0 fully saturated rings. The van der Waals surface area contributed by atoms with Gasteiger partial charge in [-0.2, -0.15) is 5.10 Å². The number of nitrogens with zero attached hydrogens (tertiary/aromatic N) is 2. The van der Waals surface area contributed by atoms with Crippen molar-refractivity contribution in [2.45, 2.75) is 20.3 Å². The monoisotopic (exact) mass is 332 g/mol. The summed E-state index contributed by atoms with van der Waals surface area (Å²) in [6.45, 7) is 3.46. The summed E-state index contributed by atoms with van der Waals surface area (Å²) in [6.07, 6.45) is 0.0669. The number of carbonyl (C=O) groups excluding carboxylic acids is 1. The number of aromatic amines is 1. The molecule has 0 aliphatic heterocycles. The third-order valence-corrected chi connectivity index (χ3v) is 3.60. The predicted octanol–water partition coefficient (Wildman–Crippen LogP) is 3.14. The van der Waals surface area contributed by atoms with Gasteiger partial charge in [0.2, 0.25) is 5.91 Å². The maximum absolute atomic E-state index is 13.8. The van der Waals surface area contributed by atoms with Crippen LogP contribution in [0.1, 0.15) is 17.0 Å². The number of H-pyrrole nitrogens is 1. The molecule has 3 rings (SSSR count). The Hall–Kier alpha value is -3.03. The third kappa shape index (κ3) is 3.03. The molecular weight excluding hydrogens is 318 g/mol. The number of hydrogen-bond acceptors (Lipinski definition) is 4. The molecule has 8 heteroatoms. The first kappa shape index (κ1) is 15.9. The van der Waals surface area contributed by atoms with E-state index in [1.54, 1.807) is 13.8 Å². The van der Waals surface area contributed by atoms with Gasteiger partial charge in [0.25, 0.3) is 0 Å². The molecule has 0 saturated carbocycles. The second kappa shape index (κ2) is 6.23. The van der Waals surface area contributed by atoms with Crippen LogP contribution in [0.5, 0.6) is 0 Å². The highest BCUT2D eigenvalue weighted by Crippen LogP contribution is 2.26. The van der Waals surface area contributed by atoms with E-state index in [2.05, 4.69) is 20.7 Å². The average molecular weight is 332 g/mol. The van der Waals surface area contributed by atoms with Crippen molar-refractivity contribution < 1.29 is 18.1 Å². The van der Waals surface area contributed by atoms with Gasteiger partial charge in [0.15, 0.2) is 5.82 Å². The first-order chi connectivity index (χ1) is 11.5. The fourth-order valence-corrected chi connectivity index (χ4v) is 2.37. The zero-order valence-corrected chi connectivity index (χ0v) is 13.0. The van der Waals surface area contributed by atoms with Crippen LogP contribution in [-0.4, -0.2) is 21.3 Å². The highest BCUT2D eigenvalue weighted by molar-refractivity contribution is 5.92. The number of halogens is 2. The van der Waals surface area contributed by atoms with Crippen molar-refractivity contribution in [1.29, 1.82) is 0 Å². The summed E-state index contributed by atoms with van der Waals surface area (Å²) in [6, 6.07) is 4.94. The van der Waals surface area contributed by atoms with E-state index in [9.17, 15) is 13.6 Å². The highest BCUT2D eigenvalue weighted by atomic mass is 19.1. The number of hydrogen-bond donors (Lipinski definition) is 2. The van der Waals surface area contributed by atoms with Crippen LogP contribution in [0.25, 0.3) is 11.3 Å². The molecular formula is C16H14F2N4O2. The number of rotatable bonds is 4. The summed E-state index contributed by atoms with van der Waals surface area (Å²) in [7, 11) is 0. The lowest BCUT2D eigenvalue weighted by molar-refractivity contribution is -0.115. The number of aryl methyl sites for hydroxylation is 2. The second-order valence-corrected chi connectivity index (χ2v) is 5.29. The van der Waals surface area contributed by atoms with Gasteiger partial charge in [-0.05, 0) is 26.0 Å². The average Bonchev–Trinajstić information content (AvgIpc) is 3.09. The van der Waals surface area contributed by atoms with Gasteiger partial charge in [0, 0.05) is 11.6 Å². The van der Waals surface area contributed by atoms with E-state index in [4.69, 9.17) is 4.52 Å². The number of nitrogens with one attached hydrogen (secondary N) is 2. The largest absolute Gasteiger partial charge is 0.361 e. The molecule has 3 aromatic rings. The van der Waals surface area contributed by atoms with Crippen LogP contribution in [0.15, 0.2) is 28.8 Å². The molecule has 2 aromatic heterocycles. The van der Waals surface area contributed by atoms with Crippen molar-refractivity contribution in [3.63, 3.8) is 0 Å². The molecule has 0 aliphatic rings. The lowest BCUT2D eigenvalue weighted by Crippen LogP contribution is -2.15. The molecule has 0 atom stereocenters. The van der Waals surface area contributed by atoms with Crippen LogP contribution in [0.4, 0.5) is 14.6 Å². The Balaban J connectivity index is 1.76. The van der Waals surface area contributed by atoms with Crippen molar-refractivity contribution in [1.82, 2.24) is 15.4 Å². The second-order valence-electron chi connectivity index (χ2n) is 5.29. The lowest BCUT2D eigenvalue weighted by atomic mass is 10.1. The molecule has 0 spiro atoms. The Morgan fingerprint density at radius 1 is 1.29 bits per heavy atom. The smallest absolute Gasteiger partial charge is 0.230 e. The Morgan fingerprint density at radius 3 is 2.62 bits per heavy atom. The van der Waals surface area contributed by atoms with Gasteiger partial charge in [0.1, 0.15) is 17.4 Å². The fraction of sp³-hybridized carbons (Fsp3) is 0.188. The number of benzene rings is 1. The minimum absolute atomic E-state index is 0.0669. The topological polar surface area (TPSA) is 83.8 Å². The van der Waals surface area contributed by atoms with E-state index >= 15 is 0 Å². The molecule has 2 N–H and O–H groups in total. The zero-order valence-electron chi connectivity index (χ0n) is 13.0. The molecule has 0 unspecified atom stereocenters. The van der Waals surface area contributed by atoms with Crippen LogP contribution < -0.4 is 5.32 Å². The summed E-state index contributed by atoms with van der Waals surface area (Å²) in [5.74, 6) is -1.03. The Kier molecular flexibility index (Phi) is 4.11. The molecule has 0 saturated heterocycles. The van der Waals surface area contributed by atoms with E-state index < -0.39 is 11.6 Å². The SMILES string of the molecule is Cc1noc(C)c1CC(=O)Nc1cc(-c2c(F)cccc2F)[nH]n1. The van der Waals surface area contributed by atoms with Gasteiger partial charge < -0.3 is 9.84 Å². The van der Waals surface area contributed by atoms with E-state index in [1.807, 2.05) is 0 Å². The van der Waals surface area contributed by atoms with Crippen molar-refractivity contribution in [2.24, 2.45) is 0 Å². The van der Waals surface area contributed by atoms with Crippen LogP contribution in [0.2, 0.25) is 0 Å². The highest BCUT2D eigenvalue weighted by Gasteiger charge is 2.17. The van der Waals surface area contributed by atoms with Gasteiger partial charge in [-0.25, -0.2) is 8.78 Å². The molecule has 1 aromatic carbocycles. The van der Waals surface area contributed by atoms with Crippen molar-refractivity contribution in [2.75, 3.05) is 5.32 Å². The number of aromatic nitrogens is 3. The van der Waals surface area contributed by atoms with Crippen LogP contribution in [0.3, 0.4) is 0 Å². The Bertz CT molecular complexity index is 862. The van der Waals surface area contributed by atoms with Gasteiger partial charge >= 0.3 is 0 Å². The van der Waals surface area contributed by atoms with Gasteiger partial charge in [-0.15, -0.1) is 0 Å². The van der Waals surface area contributed by atoms with Gasteiger partial charge in [-0.1, -0.05) is 11.2 Å². The molecule has 1 amide bonds. The molecule has 0 aliphatic carbocycles. The Labute approximate surface area is 135 Å². The van der Waals surface area contributed by atoms with Gasteiger partial charge in [-0.3, -0.25) is 9.89 Å². The molecule has 24 heavy (non-hydrogen) atoms. The fourth-order valence-electron chi connectivity index (χ4n) is 2.37. The number of amides is 1. The maximum atomic E-state index is 13.8. The molecule has 2 heterocycles. The van der Waals surface area contributed by atoms with E-state index in [1.165, 1.54) is 12.1 Å². The van der Waals surface area contributed by atoms with Crippen molar-refractivity contribution in [3.05, 3.63) is 52.9 Å². The van der Waals surface area contributed by atoms with E-state index in [0.717, 1.165) is 12.1 Å². The number of carbonyl (C=O) groups is 1. The first-order valence-electron chi connectivity index (χ1n) is 7.17. The van der Waals surface area contributed by atoms with Gasteiger partial charge in [0.05, 0.1) is 23.4 Å². The molecule has 124 valence electrons. The third-order valence-electron chi connectivity index (χ3n) is 3.60. The molecule has 6 nitrogen and oxygen atoms in total. The summed E-state index contributed by atoms with van der Waals surface area (Å²) >= 11 is 0. The van der Waals surface area contributed by atoms with Crippen LogP contribution in [0, 0.1) is 25.5 Å². The normalized spacial score (nSPS) is 10.8. The summed E-state index contributed by atoms with van der Waals surface area (Å²) in [4.78, 5) is 12.1. The predicted molar refractivity (Wildman–Crippen MR) is 82.3 cm³/mol. The molecule has 0 radical (unpaired) electrons. The minimum Gasteiger partial charge on any atom is -0.361 e. The van der Waals surface area contributed by atoms with E-state index in [-0.39, 0.29) is 29.4 Å². The standard InChI is InChI=1S/C16H14F2N4O2/c1-8-10(9(2)24-22-8)6-15(23)19-14-7-13(20-21-14)16-11(17)4-3-5-12(16)18/h3-5,7H,6H2,1-2H3,(H2,19,20,21,23). The van der Waals surface area contributed by atoms with E-state index in [0.29, 0.717) is 17.0 Å². The lowest BCUT2D eigenvalue weighted by Gasteiger charge is -2.02. The van der Waals surface area contributed by atoms with Crippen LogP contribution in [-0.2, 0) is 11.2 Å². The first-order valence-corrected chi connectivity index (χ1v) is 7.17.